The van der Waals surface area contributed by atoms with E-state index in [0.29, 0.717) is 19.4 Å². The van der Waals surface area contributed by atoms with Crippen molar-refractivity contribution in [3.05, 3.63) is 47.7 Å². The minimum Gasteiger partial charge on any atom is -0.359 e. The van der Waals surface area contributed by atoms with E-state index in [-0.39, 0.29) is 5.41 Å². The molecule has 2 heterocycles. The van der Waals surface area contributed by atoms with Crippen molar-refractivity contribution in [3.63, 3.8) is 0 Å². The van der Waals surface area contributed by atoms with Gasteiger partial charge < -0.3 is 19.8 Å². The highest BCUT2D eigenvalue weighted by Crippen LogP contribution is 2.39. The summed E-state index contributed by atoms with van der Waals surface area (Å²) in [7, 11) is 1.67. The van der Waals surface area contributed by atoms with Gasteiger partial charge in [-0.3, -0.25) is 0 Å². The Hall–Kier alpha value is -1.62. The number of aromatic amines is 1. The number of H-pyrrole nitrogens is 1. The summed E-state index contributed by atoms with van der Waals surface area (Å²) >= 11 is 0. The number of para-hydroxylation sites is 1. The normalized spacial score (nSPS) is 20.0. The monoisotopic (exact) mass is 342 g/mol. The molecule has 1 aliphatic heterocycles. The maximum Gasteiger partial charge on any atom is 0.146 e. The van der Waals surface area contributed by atoms with Crippen LogP contribution in [-0.4, -0.2) is 32.0 Å². The zero-order chi connectivity index (χ0) is 17.7. The van der Waals surface area contributed by atoms with Gasteiger partial charge in [0.25, 0.3) is 0 Å². The van der Waals surface area contributed by atoms with Gasteiger partial charge in [-0.15, -0.1) is 0 Å². The number of rotatable bonds is 8. The Kier molecular flexibility index (Phi) is 5.94. The number of fused-ring (bicyclic) bond motifs is 3. The first-order valence-electron chi connectivity index (χ1n) is 9.26. The van der Waals surface area contributed by atoms with Gasteiger partial charge in [0.2, 0.25) is 0 Å². The van der Waals surface area contributed by atoms with Crippen LogP contribution in [-0.2, 0) is 15.9 Å². The van der Waals surface area contributed by atoms with E-state index in [0.717, 1.165) is 25.8 Å². The Balaban J connectivity index is 1.88. The Morgan fingerprint density at radius 3 is 2.92 bits per heavy atom. The van der Waals surface area contributed by atoms with Crippen LogP contribution in [0, 0.1) is 5.41 Å². The molecule has 2 aromatic rings. The number of ether oxygens (including phenoxy) is 2. The van der Waals surface area contributed by atoms with Crippen LogP contribution in [0.1, 0.15) is 44.0 Å². The first-order valence-corrected chi connectivity index (χ1v) is 9.26. The van der Waals surface area contributed by atoms with Gasteiger partial charge >= 0.3 is 0 Å². The average Bonchev–Trinajstić information content (AvgIpc) is 3.02. The molecule has 2 atom stereocenters. The summed E-state index contributed by atoms with van der Waals surface area (Å²) < 4.78 is 10.8. The second-order valence-electron chi connectivity index (χ2n) is 6.99. The van der Waals surface area contributed by atoms with Crippen LogP contribution >= 0.6 is 0 Å². The number of hydrogen-bond acceptors (Lipinski definition) is 3. The predicted octanol–water partition coefficient (Wildman–Crippen LogP) is 4.34. The first-order chi connectivity index (χ1) is 12.2. The number of hydrogen-bond donors (Lipinski definition) is 2. The topological polar surface area (TPSA) is 46.3 Å². The van der Waals surface area contributed by atoms with E-state index >= 15 is 0 Å². The Morgan fingerprint density at radius 1 is 1.32 bits per heavy atom. The number of allylic oxidation sites excluding steroid dienone is 1. The SMILES string of the molecule is C/C=C/[C@@](CC)(COCOC)CC1NCCc2c1[nH]c1ccccc21. The fourth-order valence-electron chi connectivity index (χ4n) is 4.06. The highest BCUT2D eigenvalue weighted by atomic mass is 16.7. The van der Waals surface area contributed by atoms with Gasteiger partial charge in [0.15, 0.2) is 0 Å². The molecule has 1 aromatic heterocycles. The third kappa shape index (κ3) is 3.81. The third-order valence-corrected chi connectivity index (χ3v) is 5.39. The molecule has 3 rings (SSSR count). The molecule has 0 amide bonds. The van der Waals surface area contributed by atoms with E-state index in [2.05, 4.69) is 60.6 Å². The largest absolute Gasteiger partial charge is 0.359 e. The summed E-state index contributed by atoms with van der Waals surface area (Å²) in [5, 5.41) is 5.09. The Morgan fingerprint density at radius 2 is 2.16 bits per heavy atom. The van der Waals surface area contributed by atoms with Gasteiger partial charge in [-0.1, -0.05) is 37.3 Å². The minimum atomic E-state index is 0.0108. The molecular weight excluding hydrogens is 312 g/mol. The smallest absolute Gasteiger partial charge is 0.146 e. The maximum absolute atomic E-state index is 5.77. The van der Waals surface area contributed by atoms with Crippen molar-refractivity contribution in [2.45, 2.75) is 39.2 Å². The Labute approximate surface area is 150 Å². The summed E-state index contributed by atoms with van der Waals surface area (Å²) in [6.07, 6.45) is 7.58. The van der Waals surface area contributed by atoms with Crippen LogP contribution in [0.15, 0.2) is 36.4 Å². The standard InChI is InChI=1S/C21H30N2O2/c1-4-11-21(5-2,14-25-15-24-3)13-19-20-17(10-12-22-19)16-8-6-7-9-18(16)23-20/h4,6-9,11,19,22-23H,5,10,12-15H2,1-3H3/b11-4+/t19?,21-/m1/s1. The molecule has 0 saturated heterocycles. The molecular formula is C21H30N2O2. The van der Waals surface area contributed by atoms with Gasteiger partial charge in [-0.05, 0) is 44.4 Å². The van der Waals surface area contributed by atoms with Crippen molar-refractivity contribution in [2.75, 3.05) is 27.1 Å². The van der Waals surface area contributed by atoms with Crippen LogP contribution in [0.2, 0.25) is 0 Å². The zero-order valence-corrected chi connectivity index (χ0v) is 15.6. The summed E-state index contributed by atoms with van der Waals surface area (Å²) in [4.78, 5) is 3.67. The molecule has 136 valence electrons. The summed E-state index contributed by atoms with van der Waals surface area (Å²) in [6.45, 7) is 6.37. The number of nitrogens with one attached hydrogen (secondary N) is 2. The highest BCUT2D eigenvalue weighted by molar-refractivity contribution is 5.85. The van der Waals surface area contributed by atoms with Gasteiger partial charge in [-0.25, -0.2) is 0 Å². The van der Waals surface area contributed by atoms with E-state index in [9.17, 15) is 0 Å². The molecule has 0 saturated carbocycles. The van der Waals surface area contributed by atoms with Crippen molar-refractivity contribution < 1.29 is 9.47 Å². The Bertz CT molecular complexity index is 722. The van der Waals surface area contributed by atoms with Crippen molar-refractivity contribution in [3.8, 4) is 0 Å². The second kappa shape index (κ2) is 8.17. The quantitative estimate of drug-likeness (QED) is 0.426. The van der Waals surface area contributed by atoms with E-state index in [4.69, 9.17) is 9.47 Å². The van der Waals surface area contributed by atoms with E-state index < -0.39 is 0 Å². The van der Waals surface area contributed by atoms with Gasteiger partial charge in [0.05, 0.1) is 6.61 Å². The van der Waals surface area contributed by atoms with E-state index in [1.54, 1.807) is 7.11 Å². The summed E-state index contributed by atoms with van der Waals surface area (Å²) in [6, 6.07) is 8.95. The number of aromatic nitrogens is 1. The van der Waals surface area contributed by atoms with Gasteiger partial charge in [0, 0.05) is 35.2 Å². The third-order valence-electron chi connectivity index (χ3n) is 5.39. The molecule has 1 unspecified atom stereocenters. The fourth-order valence-corrected chi connectivity index (χ4v) is 4.06. The predicted molar refractivity (Wildman–Crippen MR) is 103 cm³/mol. The van der Waals surface area contributed by atoms with E-state index in [1.165, 1.54) is 22.2 Å². The van der Waals surface area contributed by atoms with Crippen molar-refractivity contribution in [2.24, 2.45) is 5.41 Å². The van der Waals surface area contributed by atoms with Crippen LogP contribution in [0.25, 0.3) is 10.9 Å². The van der Waals surface area contributed by atoms with Crippen LogP contribution in [0.3, 0.4) is 0 Å². The lowest BCUT2D eigenvalue weighted by Crippen LogP contribution is -2.36. The summed E-state index contributed by atoms with van der Waals surface area (Å²) in [5.41, 5.74) is 4.07. The molecule has 0 bridgehead atoms. The molecule has 0 radical (unpaired) electrons. The summed E-state index contributed by atoms with van der Waals surface area (Å²) in [5.74, 6) is 0. The van der Waals surface area contributed by atoms with Gasteiger partial charge in [0.1, 0.15) is 6.79 Å². The molecule has 25 heavy (non-hydrogen) atoms. The molecule has 0 aliphatic carbocycles. The maximum atomic E-state index is 5.77. The van der Waals surface area contributed by atoms with Crippen molar-refractivity contribution in [1.82, 2.24) is 10.3 Å². The lowest BCUT2D eigenvalue weighted by Gasteiger charge is -2.35. The second-order valence-corrected chi connectivity index (χ2v) is 6.99. The van der Waals surface area contributed by atoms with Crippen LogP contribution in [0.4, 0.5) is 0 Å². The van der Waals surface area contributed by atoms with Crippen LogP contribution < -0.4 is 5.32 Å². The number of benzene rings is 1. The molecule has 4 heteroatoms. The van der Waals surface area contributed by atoms with Crippen molar-refractivity contribution >= 4 is 10.9 Å². The fraction of sp³-hybridized carbons (Fsp3) is 0.524. The molecule has 0 fully saturated rings. The molecule has 4 nitrogen and oxygen atoms in total. The molecule has 0 spiro atoms. The van der Waals surface area contributed by atoms with Crippen LogP contribution in [0.5, 0.6) is 0 Å². The highest BCUT2D eigenvalue weighted by Gasteiger charge is 2.33. The molecule has 1 aliphatic rings. The lowest BCUT2D eigenvalue weighted by atomic mass is 9.77. The zero-order valence-electron chi connectivity index (χ0n) is 15.6. The molecule has 1 aromatic carbocycles. The lowest BCUT2D eigenvalue weighted by molar-refractivity contribution is -0.0593. The van der Waals surface area contributed by atoms with E-state index in [1.807, 2.05) is 0 Å². The average molecular weight is 342 g/mol. The van der Waals surface area contributed by atoms with Gasteiger partial charge in [-0.2, -0.15) is 0 Å². The minimum absolute atomic E-state index is 0.0108. The van der Waals surface area contributed by atoms with Crippen molar-refractivity contribution in [1.29, 1.82) is 0 Å². The molecule has 2 N–H and O–H groups in total. The number of methoxy groups -OCH3 is 1. The first kappa shape index (κ1) is 18.2.